The second-order valence-electron chi connectivity index (χ2n) is 4.00. The molecule has 2 atom stereocenters. The lowest BCUT2D eigenvalue weighted by Crippen LogP contribution is -2.33. The molecular formula is C13H15ClN2O. The van der Waals surface area contributed by atoms with E-state index in [0.29, 0.717) is 5.02 Å². The first-order valence-electron chi connectivity index (χ1n) is 5.39. The van der Waals surface area contributed by atoms with Crippen molar-refractivity contribution in [2.75, 3.05) is 7.05 Å². The number of amides is 1. The summed E-state index contributed by atoms with van der Waals surface area (Å²) in [7, 11) is 1.68. The third-order valence-corrected chi connectivity index (χ3v) is 3.19. The maximum atomic E-state index is 11.9. The molecule has 0 N–H and O–H groups in total. The molecule has 2 unspecified atom stereocenters. The molecule has 0 aliphatic heterocycles. The molecule has 1 amide bonds. The van der Waals surface area contributed by atoms with Crippen molar-refractivity contribution < 1.29 is 4.79 Å². The van der Waals surface area contributed by atoms with Gasteiger partial charge in [0.2, 0.25) is 5.91 Å². The highest BCUT2D eigenvalue weighted by atomic mass is 35.5. The van der Waals surface area contributed by atoms with E-state index >= 15 is 0 Å². The van der Waals surface area contributed by atoms with Gasteiger partial charge in [-0.1, -0.05) is 29.8 Å². The Bertz CT molecular complexity index is 453. The fourth-order valence-electron chi connectivity index (χ4n) is 1.57. The van der Waals surface area contributed by atoms with Crippen molar-refractivity contribution in [2.24, 2.45) is 5.92 Å². The highest BCUT2D eigenvalue weighted by Crippen LogP contribution is 2.26. The minimum absolute atomic E-state index is 0.146. The molecule has 90 valence electrons. The predicted molar refractivity (Wildman–Crippen MR) is 67.4 cm³/mol. The lowest BCUT2D eigenvalue weighted by Gasteiger charge is -2.26. The van der Waals surface area contributed by atoms with E-state index in [-0.39, 0.29) is 11.9 Å². The minimum Gasteiger partial charge on any atom is -0.338 e. The molecule has 0 radical (unpaired) electrons. The van der Waals surface area contributed by atoms with Crippen LogP contribution in [0.3, 0.4) is 0 Å². The van der Waals surface area contributed by atoms with Gasteiger partial charge in [-0.2, -0.15) is 5.26 Å². The van der Waals surface area contributed by atoms with E-state index < -0.39 is 5.92 Å². The lowest BCUT2D eigenvalue weighted by atomic mass is 10.1. The highest BCUT2D eigenvalue weighted by molar-refractivity contribution is 6.31. The molecule has 17 heavy (non-hydrogen) atoms. The Morgan fingerprint density at radius 3 is 2.53 bits per heavy atom. The van der Waals surface area contributed by atoms with Gasteiger partial charge in [0.25, 0.3) is 0 Å². The van der Waals surface area contributed by atoms with Gasteiger partial charge < -0.3 is 4.90 Å². The molecule has 1 aromatic carbocycles. The van der Waals surface area contributed by atoms with Crippen LogP contribution in [0.1, 0.15) is 25.5 Å². The zero-order chi connectivity index (χ0) is 13.0. The molecule has 1 rings (SSSR count). The third-order valence-electron chi connectivity index (χ3n) is 2.85. The summed E-state index contributed by atoms with van der Waals surface area (Å²) in [4.78, 5) is 13.4. The summed E-state index contributed by atoms with van der Waals surface area (Å²) in [5.74, 6) is -0.829. The van der Waals surface area contributed by atoms with Crippen molar-refractivity contribution in [3.63, 3.8) is 0 Å². The normalized spacial score (nSPS) is 13.6. The number of nitrogens with zero attached hydrogens (tertiary/aromatic N) is 2. The van der Waals surface area contributed by atoms with E-state index in [1.807, 2.05) is 31.2 Å². The zero-order valence-electron chi connectivity index (χ0n) is 10.1. The first-order valence-corrected chi connectivity index (χ1v) is 5.77. The van der Waals surface area contributed by atoms with Gasteiger partial charge in [-0.15, -0.1) is 0 Å². The summed E-state index contributed by atoms with van der Waals surface area (Å²) in [6.07, 6.45) is 0. The maximum absolute atomic E-state index is 11.9. The number of carbonyl (C=O) groups excluding carboxylic acids is 1. The molecular weight excluding hydrogens is 236 g/mol. The zero-order valence-corrected chi connectivity index (χ0v) is 10.9. The van der Waals surface area contributed by atoms with Crippen LogP contribution >= 0.6 is 11.6 Å². The van der Waals surface area contributed by atoms with Crippen molar-refractivity contribution >= 4 is 17.5 Å². The monoisotopic (exact) mass is 250 g/mol. The Morgan fingerprint density at radius 2 is 2.00 bits per heavy atom. The van der Waals surface area contributed by atoms with Crippen molar-refractivity contribution in [3.05, 3.63) is 34.9 Å². The molecule has 0 bridgehead atoms. The van der Waals surface area contributed by atoms with Crippen molar-refractivity contribution in [2.45, 2.75) is 19.9 Å². The summed E-state index contributed by atoms with van der Waals surface area (Å²) in [5.41, 5.74) is 0.884. The summed E-state index contributed by atoms with van der Waals surface area (Å²) in [5, 5.41) is 9.37. The SMILES string of the molecule is CC(C#N)C(=O)N(C)C(C)c1ccccc1Cl. The van der Waals surface area contributed by atoms with Gasteiger partial charge in [0.15, 0.2) is 0 Å². The summed E-state index contributed by atoms with van der Waals surface area (Å²) < 4.78 is 0. The molecule has 3 nitrogen and oxygen atoms in total. The average molecular weight is 251 g/mol. The van der Waals surface area contributed by atoms with Gasteiger partial charge >= 0.3 is 0 Å². The number of carbonyl (C=O) groups is 1. The molecule has 0 fully saturated rings. The van der Waals surface area contributed by atoms with E-state index in [1.165, 1.54) is 0 Å². The van der Waals surface area contributed by atoms with Gasteiger partial charge in [-0.3, -0.25) is 4.79 Å². The van der Waals surface area contributed by atoms with E-state index in [1.54, 1.807) is 24.9 Å². The Morgan fingerprint density at radius 1 is 1.41 bits per heavy atom. The number of hydrogen-bond acceptors (Lipinski definition) is 2. The first-order chi connectivity index (χ1) is 7.99. The highest BCUT2D eigenvalue weighted by Gasteiger charge is 2.23. The number of nitriles is 1. The largest absolute Gasteiger partial charge is 0.338 e. The maximum Gasteiger partial charge on any atom is 0.239 e. The molecule has 0 aromatic heterocycles. The molecule has 0 saturated carbocycles. The summed E-state index contributed by atoms with van der Waals surface area (Å²) in [6.45, 7) is 3.49. The van der Waals surface area contributed by atoms with Crippen LogP contribution in [0.2, 0.25) is 5.02 Å². The van der Waals surface area contributed by atoms with Crippen LogP contribution in [0.15, 0.2) is 24.3 Å². The third kappa shape index (κ3) is 2.98. The quantitative estimate of drug-likeness (QED) is 0.828. The number of benzene rings is 1. The van der Waals surface area contributed by atoms with E-state index in [0.717, 1.165) is 5.56 Å². The van der Waals surface area contributed by atoms with Gasteiger partial charge in [0.1, 0.15) is 5.92 Å². The topological polar surface area (TPSA) is 44.1 Å². The predicted octanol–water partition coefficient (Wildman–Crippen LogP) is 3.02. The van der Waals surface area contributed by atoms with Gasteiger partial charge in [0.05, 0.1) is 12.1 Å². The molecule has 0 heterocycles. The molecule has 0 aliphatic rings. The van der Waals surface area contributed by atoms with Crippen LogP contribution in [0, 0.1) is 17.2 Å². The van der Waals surface area contributed by atoms with Crippen molar-refractivity contribution in [1.29, 1.82) is 5.26 Å². The van der Waals surface area contributed by atoms with E-state index in [4.69, 9.17) is 16.9 Å². The lowest BCUT2D eigenvalue weighted by molar-refractivity contribution is -0.133. The Kier molecular flexibility index (Phi) is 4.53. The van der Waals surface area contributed by atoms with Crippen molar-refractivity contribution in [3.8, 4) is 6.07 Å². The Labute approximate surface area is 107 Å². The molecule has 1 aromatic rings. The summed E-state index contributed by atoms with van der Waals surface area (Å²) in [6, 6.07) is 9.19. The Hall–Kier alpha value is -1.53. The first kappa shape index (κ1) is 13.5. The number of hydrogen-bond donors (Lipinski definition) is 0. The van der Waals surface area contributed by atoms with E-state index in [2.05, 4.69) is 0 Å². The minimum atomic E-state index is -0.634. The fourth-order valence-corrected chi connectivity index (χ4v) is 1.87. The molecule has 0 saturated heterocycles. The second kappa shape index (κ2) is 5.70. The molecule has 0 spiro atoms. The van der Waals surface area contributed by atoms with Crippen molar-refractivity contribution in [1.82, 2.24) is 4.90 Å². The van der Waals surface area contributed by atoms with Crippen LogP contribution in [-0.4, -0.2) is 17.9 Å². The smallest absolute Gasteiger partial charge is 0.239 e. The van der Waals surface area contributed by atoms with Crippen LogP contribution in [0.4, 0.5) is 0 Å². The van der Waals surface area contributed by atoms with Gasteiger partial charge in [0, 0.05) is 12.1 Å². The average Bonchev–Trinajstić information content (AvgIpc) is 2.35. The molecule has 0 aliphatic carbocycles. The second-order valence-corrected chi connectivity index (χ2v) is 4.40. The Balaban J connectivity index is 2.92. The number of rotatable bonds is 3. The van der Waals surface area contributed by atoms with Crippen LogP contribution in [0.25, 0.3) is 0 Å². The van der Waals surface area contributed by atoms with E-state index in [9.17, 15) is 4.79 Å². The van der Waals surface area contributed by atoms with Crippen LogP contribution in [0.5, 0.6) is 0 Å². The molecule has 4 heteroatoms. The van der Waals surface area contributed by atoms with Crippen LogP contribution < -0.4 is 0 Å². The van der Waals surface area contributed by atoms with Crippen LogP contribution in [-0.2, 0) is 4.79 Å². The standard InChI is InChI=1S/C13H15ClN2O/c1-9(8-15)13(17)16(3)10(2)11-6-4-5-7-12(11)14/h4-7,9-10H,1-3H3. The number of halogens is 1. The van der Waals surface area contributed by atoms with Gasteiger partial charge in [-0.25, -0.2) is 0 Å². The summed E-state index contributed by atoms with van der Waals surface area (Å²) >= 11 is 6.08. The van der Waals surface area contributed by atoms with Gasteiger partial charge in [-0.05, 0) is 25.5 Å². The fraction of sp³-hybridized carbons (Fsp3) is 0.385.